The van der Waals surface area contributed by atoms with Crippen molar-refractivity contribution >= 4 is 38.6 Å². The van der Waals surface area contributed by atoms with Crippen molar-refractivity contribution in [3.8, 4) is 16.3 Å². The Labute approximate surface area is 164 Å². The van der Waals surface area contributed by atoms with E-state index < -0.39 is 0 Å². The zero-order valence-electron chi connectivity index (χ0n) is 14.7. The molecule has 0 spiro atoms. The number of halogens is 1. The molecule has 0 aliphatic carbocycles. The van der Waals surface area contributed by atoms with E-state index in [0.29, 0.717) is 13.2 Å². The van der Waals surface area contributed by atoms with Gasteiger partial charge in [0.25, 0.3) is 0 Å². The monoisotopic (exact) mass is 399 g/mol. The number of fused-ring (bicyclic) bond motifs is 1. The van der Waals surface area contributed by atoms with E-state index in [1.807, 2.05) is 41.9 Å². The van der Waals surface area contributed by atoms with Gasteiger partial charge in [0.2, 0.25) is 0 Å². The van der Waals surface area contributed by atoms with E-state index in [1.165, 1.54) is 11.3 Å². The van der Waals surface area contributed by atoms with Gasteiger partial charge in [-0.05, 0) is 41.8 Å². The number of hydrogen-bond donors (Lipinski definition) is 1. The third-order valence-electron chi connectivity index (χ3n) is 4.09. The normalized spacial score (nSPS) is 11.0. The summed E-state index contributed by atoms with van der Waals surface area (Å²) in [5, 5.41) is 8.15. The van der Waals surface area contributed by atoms with Crippen LogP contribution >= 0.6 is 22.7 Å². The Balaban J connectivity index is 1.42. The van der Waals surface area contributed by atoms with Crippen LogP contribution in [0.15, 0.2) is 47.4 Å². The Kier molecular flexibility index (Phi) is 5.31. The molecule has 0 radical (unpaired) electrons. The minimum absolute atomic E-state index is 0.148. The Morgan fingerprint density at radius 3 is 2.96 bits per heavy atom. The van der Waals surface area contributed by atoms with Crippen LogP contribution in [-0.4, -0.2) is 23.1 Å². The first-order valence-corrected chi connectivity index (χ1v) is 10.4. The molecule has 0 saturated carbocycles. The highest BCUT2D eigenvalue weighted by molar-refractivity contribution is 7.17. The van der Waals surface area contributed by atoms with Gasteiger partial charge in [-0.15, -0.1) is 22.7 Å². The quantitative estimate of drug-likeness (QED) is 0.439. The minimum Gasteiger partial charge on any atom is -0.493 e. The van der Waals surface area contributed by atoms with Crippen molar-refractivity contribution < 1.29 is 9.13 Å². The highest BCUT2D eigenvalue weighted by atomic mass is 32.1. The molecule has 0 unspecified atom stereocenters. The van der Waals surface area contributed by atoms with Gasteiger partial charge in [-0.2, -0.15) is 0 Å². The van der Waals surface area contributed by atoms with E-state index in [-0.39, 0.29) is 5.82 Å². The number of rotatable bonds is 7. The lowest BCUT2D eigenvalue weighted by atomic mass is 10.1. The van der Waals surface area contributed by atoms with Crippen molar-refractivity contribution in [2.75, 3.05) is 18.5 Å². The first kappa shape index (κ1) is 17.9. The van der Waals surface area contributed by atoms with E-state index in [9.17, 15) is 4.39 Å². The van der Waals surface area contributed by atoms with Gasteiger partial charge in [-0.25, -0.2) is 14.4 Å². The molecule has 1 aromatic carbocycles. The van der Waals surface area contributed by atoms with Gasteiger partial charge >= 0.3 is 0 Å². The molecule has 1 N–H and O–H groups in total. The van der Waals surface area contributed by atoms with Gasteiger partial charge in [0.05, 0.1) is 21.9 Å². The summed E-state index contributed by atoms with van der Waals surface area (Å²) in [4.78, 5) is 9.66. The molecule has 4 nitrogen and oxygen atoms in total. The Hall–Kier alpha value is -2.51. The molecule has 0 bridgehead atoms. The topological polar surface area (TPSA) is 47.0 Å². The number of benzene rings is 1. The van der Waals surface area contributed by atoms with Crippen LogP contribution in [0.25, 0.3) is 20.7 Å². The fourth-order valence-electron chi connectivity index (χ4n) is 2.86. The third kappa shape index (κ3) is 4.09. The zero-order valence-corrected chi connectivity index (χ0v) is 16.4. The highest BCUT2D eigenvalue weighted by Crippen LogP contribution is 2.30. The van der Waals surface area contributed by atoms with Crippen molar-refractivity contribution in [2.24, 2.45) is 0 Å². The van der Waals surface area contributed by atoms with Crippen LogP contribution in [0.3, 0.4) is 0 Å². The fraction of sp³-hybridized carbons (Fsp3) is 0.200. The van der Waals surface area contributed by atoms with E-state index in [2.05, 4.69) is 15.3 Å². The molecule has 4 rings (SSSR count). The number of nitrogens with one attached hydrogen (secondary N) is 1. The van der Waals surface area contributed by atoms with Crippen LogP contribution in [0, 0.1) is 5.82 Å². The van der Waals surface area contributed by atoms with Gasteiger partial charge < -0.3 is 10.1 Å². The largest absolute Gasteiger partial charge is 0.493 e. The average Bonchev–Trinajstić information content (AvgIpc) is 3.32. The number of thiophene rings is 2. The summed E-state index contributed by atoms with van der Waals surface area (Å²) in [6.07, 6.45) is 2.27. The van der Waals surface area contributed by atoms with Crippen molar-refractivity contribution in [2.45, 2.75) is 13.3 Å². The molecule has 0 saturated heterocycles. The number of hydrogen-bond acceptors (Lipinski definition) is 6. The van der Waals surface area contributed by atoms with Crippen LogP contribution in [-0.2, 0) is 6.42 Å². The number of ether oxygens (including phenoxy) is 1. The molecule has 0 aliphatic heterocycles. The van der Waals surface area contributed by atoms with Crippen LogP contribution in [0.4, 0.5) is 10.2 Å². The maximum atomic E-state index is 14.1. The molecule has 0 atom stereocenters. The molecule has 4 aromatic rings. The molecule has 138 valence electrons. The lowest BCUT2D eigenvalue weighted by Gasteiger charge is -2.07. The van der Waals surface area contributed by atoms with E-state index in [4.69, 9.17) is 4.74 Å². The fourth-order valence-corrected chi connectivity index (χ4v) is 4.44. The highest BCUT2D eigenvalue weighted by Gasteiger charge is 2.08. The summed E-state index contributed by atoms with van der Waals surface area (Å²) < 4.78 is 20.3. The van der Waals surface area contributed by atoms with Gasteiger partial charge in [0, 0.05) is 24.1 Å². The second-order valence-corrected chi connectivity index (χ2v) is 7.79. The standard InChI is InChI=1S/C20H18FN3OS2/c1-2-25-15-9-18(27-11-15)17-10-19(24-12-23-17)22-5-3-13-7-14-4-6-26-20(14)16(21)8-13/h4,6-12H,2-3,5H2,1H3,(H,22,23,24). The van der Waals surface area contributed by atoms with E-state index in [1.54, 1.807) is 23.7 Å². The SMILES string of the molecule is CCOc1csc(-c2cc(NCCc3cc(F)c4sccc4c3)ncn2)c1. The van der Waals surface area contributed by atoms with Crippen molar-refractivity contribution in [1.82, 2.24) is 9.97 Å². The minimum atomic E-state index is -0.148. The Morgan fingerprint density at radius 2 is 2.07 bits per heavy atom. The van der Waals surface area contributed by atoms with Gasteiger partial charge in [-0.1, -0.05) is 6.07 Å². The van der Waals surface area contributed by atoms with Gasteiger partial charge in [0.15, 0.2) is 0 Å². The van der Waals surface area contributed by atoms with Crippen molar-refractivity contribution in [3.05, 3.63) is 58.8 Å². The predicted molar refractivity (Wildman–Crippen MR) is 110 cm³/mol. The van der Waals surface area contributed by atoms with Crippen molar-refractivity contribution in [1.29, 1.82) is 0 Å². The molecular weight excluding hydrogens is 381 g/mol. The van der Waals surface area contributed by atoms with E-state index in [0.717, 1.165) is 44.2 Å². The smallest absolute Gasteiger partial charge is 0.141 e. The molecular formula is C20H18FN3OS2. The second-order valence-electron chi connectivity index (χ2n) is 5.96. The Morgan fingerprint density at radius 1 is 1.15 bits per heavy atom. The number of aromatic nitrogens is 2. The molecule has 3 aromatic heterocycles. The lowest BCUT2D eigenvalue weighted by molar-refractivity contribution is 0.342. The summed E-state index contributed by atoms with van der Waals surface area (Å²) in [6, 6.07) is 9.52. The molecule has 0 aliphatic rings. The summed E-state index contributed by atoms with van der Waals surface area (Å²) in [6.45, 7) is 3.27. The summed E-state index contributed by atoms with van der Waals surface area (Å²) in [7, 11) is 0. The predicted octanol–water partition coefficient (Wildman–Crippen LogP) is 5.61. The Bertz CT molecular complexity index is 1060. The van der Waals surface area contributed by atoms with Crippen LogP contribution < -0.4 is 10.1 Å². The molecule has 7 heteroatoms. The van der Waals surface area contributed by atoms with Gasteiger partial charge in [0.1, 0.15) is 23.7 Å². The number of nitrogens with zero attached hydrogens (tertiary/aromatic N) is 2. The molecule has 3 heterocycles. The first-order valence-electron chi connectivity index (χ1n) is 8.66. The van der Waals surface area contributed by atoms with Crippen LogP contribution in [0.2, 0.25) is 0 Å². The molecule has 0 fully saturated rings. The van der Waals surface area contributed by atoms with Crippen molar-refractivity contribution in [3.63, 3.8) is 0 Å². The van der Waals surface area contributed by atoms with Gasteiger partial charge in [-0.3, -0.25) is 0 Å². The maximum Gasteiger partial charge on any atom is 0.141 e. The maximum absolute atomic E-state index is 14.1. The molecule has 0 amide bonds. The van der Waals surface area contributed by atoms with Crippen LogP contribution in [0.5, 0.6) is 5.75 Å². The third-order valence-corrected chi connectivity index (χ3v) is 5.96. The molecule has 27 heavy (non-hydrogen) atoms. The first-order chi connectivity index (χ1) is 13.2. The zero-order chi connectivity index (χ0) is 18.6. The second kappa shape index (κ2) is 8.02. The van der Waals surface area contributed by atoms with Crippen LogP contribution in [0.1, 0.15) is 12.5 Å². The summed E-state index contributed by atoms with van der Waals surface area (Å²) >= 11 is 3.02. The number of anilines is 1. The average molecular weight is 400 g/mol. The lowest BCUT2D eigenvalue weighted by Crippen LogP contribution is -2.06. The summed E-state index contributed by atoms with van der Waals surface area (Å²) in [5.74, 6) is 1.46. The van der Waals surface area contributed by atoms with E-state index >= 15 is 0 Å². The summed E-state index contributed by atoms with van der Waals surface area (Å²) in [5.41, 5.74) is 1.83.